The van der Waals surface area contributed by atoms with Gasteiger partial charge >= 0.3 is 0 Å². The molecule has 2 heteroatoms. The maximum atomic E-state index is 3.14. The highest BCUT2D eigenvalue weighted by molar-refractivity contribution is 7.99. The number of fused-ring (bicyclic) bond motifs is 1. The zero-order valence-electron chi connectivity index (χ0n) is 10.1. The van der Waals surface area contributed by atoms with Crippen LogP contribution in [0.1, 0.15) is 5.56 Å². The van der Waals surface area contributed by atoms with Crippen LogP contribution in [0.2, 0.25) is 0 Å². The van der Waals surface area contributed by atoms with Gasteiger partial charge in [-0.3, -0.25) is 0 Å². The Bertz CT molecular complexity index is 579. The molecule has 0 fully saturated rings. The Kier molecular flexibility index (Phi) is 3.37. The predicted molar refractivity (Wildman–Crippen MR) is 78.9 cm³/mol. The number of rotatable bonds is 1. The third-order valence-electron chi connectivity index (χ3n) is 3.08. The van der Waals surface area contributed by atoms with Gasteiger partial charge in [0.1, 0.15) is 0 Å². The van der Waals surface area contributed by atoms with Crippen molar-refractivity contribution >= 4 is 11.8 Å². The van der Waals surface area contributed by atoms with Crippen molar-refractivity contribution in [2.45, 2.75) is 11.3 Å². The lowest BCUT2D eigenvalue weighted by atomic mass is 9.99. The van der Waals surface area contributed by atoms with Crippen LogP contribution in [0.15, 0.2) is 65.9 Å². The first-order valence-corrected chi connectivity index (χ1v) is 7.13. The topological polar surface area (TPSA) is 15.8 Å². The maximum absolute atomic E-state index is 3.14. The summed E-state index contributed by atoms with van der Waals surface area (Å²) >= 11 is 1.91. The highest BCUT2D eigenvalue weighted by Gasteiger charge is 2.09. The summed E-state index contributed by atoms with van der Waals surface area (Å²) in [5.41, 5.74) is 4.04. The molecule has 1 aliphatic heterocycles. The van der Waals surface area contributed by atoms with Crippen molar-refractivity contribution in [3.8, 4) is 11.1 Å². The van der Waals surface area contributed by atoms with Crippen LogP contribution in [0.25, 0.3) is 11.1 Å². The Labute approximate surface area is 112 Å². The van der Waals surface area contributed by atoms with Gasteiger partial charge in [-0.05, 0) is 35.2 Å². The third-order valence-corrected chi connectivity index (χ3v) is 4.13. The van der Waals surface area contributed by atoms with Gasteiger partial charge in [0.2, 0.25) is 0 Å². The second kappa shape index (κ2) is 5.32. The van der Waals surface area contributed by atoms with E-state index in [0.29, 0.717) is 0 Å². The molecule has 0 amide bonds. The standard InChI is InChI=1S/C16H15NS/c1-2-4-11-18-16-8-5-7-14(15(16)6-3-1)13-9-10-17-12-13/h1-5,7-10,12,17H,6,11H2/b3-1-,4-2-. The predicted octanol–water partition coefficient (Wildman–Crippen LogP) is 4.44. The summed E-state index contributed by atoms with van der Waals surface area (Å²) in [7, 11) is 0. The van der Waals surface area contributed by atoms with Crippen LogP contribution in [0.3, 0.4) is 0 Å². The third kappa shape index (κ3) is 2.29. The molecule has 0 aliphatic carbocycles. The molecular weight excluding hydrogens is 238 g/mol. The Morgan fingerprint density at radius 3 is 2.89 bits per heavy atom. The van der Waals surface area contributed by atoms with Crippen LogP contribution >= 0.6 is 11.8 Å². The normalized spacial score (nSPS) is 18.2. The van der Waals surface area contributed by atoms with Crippen LogP contribution < -0.4 is 0 Å². The molecule has 90 valence electrons. The smallest absolute Gasteiger partial charge is 0.0164 e. The lowest BCUT2D eigenvalue weighted by Gasteiger charge is -2.11. The first kappa shape index (κ1) is 11.4. The summed E-state index contributed by atoms with van der Waals surface area (Å²) < 4.78 is 0. The molecule has 1 N–H and O–H groups in total. The minimum atomic E-state index is 0.994. The van der Waals surface area contributed by atoms with Gasteiger partial charge in [0, 0.05) is 23.0 Å². The number of aromatic nitrogens is 1. The van der Waals surface area contributed by atoms with Crippen molar-refractivity contribution in [1.29, 1.82) is 0 Å². The number of thioether (sulfide) groups is 1. The number of hydrogen-bond acceptors (Lipinski definition) is 1. The molecule has 1 aromatic heterocycles. The van der Waals surface area contributed by atoms with Crippen molar-refractivity contribution in [3.05, 3.63) is 66.5 Å². The summed E-state index contributed by atoms with van der Waals surface area (Å²) in [5, 5.41) is 0. The van der Waals surface area contributed by atoms with E-state index in [1.807, 2.05) is 18.0 Å². The van der Waals surface area contributed by atoms with Crippen molar-refractivity contribution in [1.82, 2.24) is 4.98 Å². The molecule has 1 aromatic carbocycles. The molecule has 18 heavy (non-hydrogen) atoms. The van der Waals surface area contributed by atoms with Crippen molar-refractivity contribution in [3.63, 3.8) is 0 Å². The fraction of sp³-hybridized carbons (Fsp3) is 0.125. The monoisotopic (exact) mass is 253 g/mol. The molecular formula is C16H15NS. The molecule has 0 spiro atoms. The molecule has 1 nitrogen and oxygen atoms in total. The lowest BCUT2D eigenvalue weighted by Crippen LogP contribution is -1.91. The van der Waals surface area contributed by atoms with Gasteiger partial charge in [-0.15, -0.1) is 11.8 Å². The summed E-state index contributed by atoms with van der Waals surface area (Å²) in [5.74, 6) is 1.04. The van der Waals surface area contributed by atoms with Crippen molar-refractivity contribution in [2.24, 2.45) is 0 Å². The largest absolute Gasteiger partial charge is 0.367 e. The number of allylic oxidation sites excluding steroid dienone is 3. The molecule has 0 radical (unpaired) electrons. The Hall–Kier alpha value is -1.67. The Balaban J connectivity index is 2.09. The van der Waals surface area contributed by atoms with E-state index in [1.54, 1.807) is 0 Å². The Morgan fingerprint density at radius 2 is 2.00 bits per heavy atom. The van der Waals surface area contributed by atoms with Gasteiger partial charge in [-0.2, -0.15) is 0 Å². The van der Waals surface area contributed by atoms with Gasteiger partial charge in [0.15, 0.2) is 0 Å². The van der Waals surface area contributed by atoms with Crippen LogP contribution in [-0.2, 0) is 6.42 Å². The second-order valence-corrected chi connectivity index (χ2v) is 5.32. The van der Waals surface area contributed by atoms with Crippen molar-refractivity contribution in [2.75, 3.05) is 5.75 Å². The van der Waals surface area contributed by atoms with E-state index >= 15 is 0 Å². The second-order valence-electron chi connectivity index (χ2n) is 4.25. The minimum absolute atomic E-state index is 0.994. The SMILES string of the molecule is C1=C\CSc2cccc(-c3cc[nH]c3)c2C\C=C/1. The lowest BCUT2D eigenvalue weighted by molar-refractivity contribution is 1.18. The van der Waals surface area contributed by atoms with E-state index in [2.05, 4.69) is 59.8 Å². The molecule has 0 atom stereocenters. The quantitative estimate of drug-likeness (QED) is 0.794. The molecule has 2 heterocycles. The molecule has 3 rings (SSSR count). The zero-order valence-corrected chi connectivity index (χ0v) is 10.9. The summed E-state index contributed by atoms with van der Waals surface area (Å²) in [6.45, 7) is 0. The van der Waals surface area contributed by atoms with Gasteiger partial charge in [-0.1, -0.05) is 36.4 Å². The summed E-state index contributed by atoms with van der Waals surface area (Å²) in [6, 6.07) is 8.72. The summed E-state index contributed by atoms with van der Waals surface area (Å²) in [6.07, 6.45) is 13.8. The molecule has 1 aliphatic rings. The highest BCUT2D eigenvalue weighted by Crippen LogP contribution is 2.32. The highest BCUT2D eigenvalue weighted by atomic mass is 32.2. The number of benzene rings is 1. The number of aromatic amines is 1. The van der Waals surface area contributed by atoms with Gasteiger partial charge in [-0.25, -0.2) is 0 Å². The molecule has 0 bridgehead atoms. The van der Waals surface area contributed by atoms with E-state index in [0.717, 1.165) is 12.2 Å². The Morgan fingerprint density at radius 1 is 1.06 bits per heavy atom. The molecule has 2 aromatic rings. The summed E-state index contributed by atoms with van der Waals surface area (Å²) in [4.78, 5) is 4.53. The van der Waals surface area contributed by atoms with Gasteiger partial charge < -0.3 is 4.98 Å². The molecule has 0 saturated carbocycles. The first-order chi connectivity index (χ1) is 8.95. The fourth-order valence-electron chi connectivity index (χ4n) is 2.21. The van der Waals surface area contributed by atoms with Crippen LogP contribution in [0.5, 0.6) is 0 Å². The van der Waals surface area contributed by atoms with E-state index in [9.17, 15) is 0 Å². The van der Waals surface area contributed by atoms with Crippen molar-refractivity contribution < 1.29 is 0 Å². The average Bonchev–Trinajstić information content (AvgIpc) is 2.94. The maximum Gasteiger partial charge on any atom is 0.0164 e. The van der Waals surface area contributed by atoms with E-state index in [4.69, 9.17) is 0 Å². The van der Waals surface area contributed by atoms with E-state index in [1.165, 1.54) is 21.6 Å². The van der Waals surface area contributed by atoms with E-state index < -0.39 is 0 Å². The number of H-pyrrole nitrogens is 1. The van der Waals surface area contributed by atoms with Crippen LogP contribution in [0.4, 0.5) is 0 Å². The van der Waals surface area contributed by atoms with Crippen LogP contribution in [-0.4, -0.2) is 10.7 Å². The van der Waals surface area contributed by atoms with Gasteiger partial charge in [0.25, 0.3) is 0 Å². The molecule has 0 unspecified atom stereocenters. The first-order valence-electron chi connectivity index (χ1n) is 6.14. The fourth-order valence-corrected chi connectivity index (χ4v) is 3.14. The number of nitrogens with one attached hydrogen (secondary N) is 1. The minimum Gasteiger partial charge on any atom is -0.367 e. The average molecular weight is 253 g/mol. The zero-order chi connectivity index (χ0) is 12.2. The number of hydrogen-bond donors (Lipinski definition) is 1. The van der Waals surface area contributed by atoms with Gasteiger partial charge in [0.05, 0.1) is 0 Å². The van der Waals surface area contributed by atoms with E-state index in [-0.39, 0.29) is 0 Å². The van der Waals surface area contributed by atoms with Crippen LogP contribution in [0, 0.1) is 0 Å². The molecule has 0 saturated heterocycles.